The summed E-state index contributed by atoms with van der Waals surface area (Å²) in [6.45, 7) is 0.132. The molecule has 1 aliphatic heterocycles. The third kappa shape index (κ3) is 3.66. The van der Waals surface area contributed by atoms with Crippen LogP contribution in [0.2, 0.25) is 0 Å². The first-order valence-electron chi connectivity index (χ1n) is 8.82. The Kier molecular flexibility index (Phi) is 4.93. The van der Waals surface area contributed by atoms with Crippen molar-refractivity contribution in [3.8, 4) is 11.5 Å². The van der Waals surface area contributed by atoms with Crippen molar-refractivity contribution in [1.29, 1.82) is 0 Å². The van der Waals surface area contributed by atoms with Crippen LogP contribution < -0.4 is 20.3 Å². The lowest BCUT2D eigenvalue weighted by Gasteiger charge is -2.18. The maximum absolute atomic E-state index is 12.9. The van der Waals surface area contributed by atoms with Gasteiger partial charge in [-0.05, 0) is 29.3 Å². The summed E-state index contributed by atoms with van der Waals surface area (Å²) in [5, 5.41) is 0. The van der Waals surface area contributed by atoms with Crippen LogP contribution in [0.15, 0.2) is 78.9 Å². The first kappa shape index (κ1) is 17.6. The molecular weight excluding hydrogens is 356 g/mol. The number of amides is 2. The summed E-state index contributed by atoms with van der Waals surface area (Å²) >= 11 is 0. The molecule has 0 aliphatic carbocycles. The highest BCUT2D eigenvalue weighted by atomic mass is 16.7. The van der Waals surface area contributed by atoms with Crippen LogP contribution in [0.25, 0.3) is 0 Å². The van der Waals surface area contributed by atoms with E-state index in [4.69, 9.17) is 9.47 Å². The second-order valence-electron chi connectivity index (χ2n) is 6.27. The average Bonchev–Trinajstić information content (AvgIpc) is 3.22. The van der Waals surface area contributed by atoms with Crippen molar-refractivity contribution in [2.24, 2.45) is 0 Å². The summed E-state index contributed by atoms with van der Waals surface area (Å²) in [4.78, 5) is 25.3. The Labute approximate surface area is 162 Å². The lowest BCUT2D eigenvalue weighted by atomic mass is 9.91. The molecule has 1 heterocycles. The van der Waals surface area contributed by atoms with Gasteiger partial charge < -0.3 is 9.47 Å². The molecule has 0 atom stereocenters. The lowest BCUT2D eigenvalue weighted by Crippen LogP contribution is -2.44. The van der Waals surface area contributed by atoms with Crippen LogP contribution in [-0.4, -0.2) is 18.6 Å². The van der Waals surface area contributed by atoms with Gasteiger partial charge in [-0.25, -0.2) is 0 Å². The molecule has 1 aliphatic rings. The molecule has 6 nitrogen and oxygen atoms in total. The second-order valence-corrected chi connectivity index (χ2v) is 6.27. The number of ether oxygens (including phenoxy) is 2. The smallest absolute Gasteiger partial charge is 0.269 e. The van der Waals surface area contributed by atoms with Crippen molar-refractivity contribution < 1.29 is 19.1 Å². The number of benzene rings is 3. The van der Waals surface area contributed by atoms with E-state index >= 15 is 0 Å². The fraction of sp³-hybridized carbons (Fsp3) is 0.0909. The van der Waals surface area contributed by atoms with Crippen LogP contribution in [0.1, 0.15) is 27.4 Å². The highest BCUT2D eigenvalue weighted by molar-refractivity contribution is 5.97. The molecule has 6 heteroatoms. The van der Waals surface area contributed by atoms with Crippen molar-refractivity contribution in [3.05, 3.63) is 95.6 Å². The van der Waals surface area contributed by atoms with Gasteiger partial charge in [0.05, 0.1) is 5.92 Å². The zero-order valence-corrected chi connectivity index (χ0v) is 14.9. The van der Waals surface area contributed by atoms with Gasteiger partial charge in [-0.2, -0.15) is 0 Å². The molecule has 0 saturated heterocycles. The molecule has 3 aromatic carbocycles. The Hall–Kier alpha value is -3.80. The van der Waals surface area contributed by atoms with Gasteiger partial charge in [0.25, 0.3) is 5.91 Å². The standard InChI is InChI=1S/C22H18N2O4/c25-21(17-11-12-18-19(13-17)28-14-27-18)23-24-22(26)20(15-7-3-1-4-8-15)16-9-5-2-6-10-16/h1-13,20H,14H2,(H,23,25)(H,24,26). The highest BCUT2D eigenvalue weighted by Crippen LogP contribution is 2.32. The maximum atomic E-state index is 12.9. The largest absolute Gasteiger partial charge is 0.454 e. The van der Waals surface area contributed by atoms with Crippen molar-refractivity contribution in [2.45, 2.75) is 5.92 Å². The maximum Gasteiger partial charge on any atom is 0.269 e. The Balaban J connectivity index is 1.49. The minimum Gasteiger partial charge on any atom is -0.454 e. The zero-order chi connectivity index (χ0) is 19.3. The fourth-order valence-corrected chi connectivity index (χ4v) is 3.09. The van der Waals surface area contributed by atoms with E-state index in [1.54, 1.807) is 18.2 Å². The number of hydrazine groups is 1. The van der Waals surface area contributed by atoms with E-state index in [1.165, 1.54) is 0 Å². The number of carbonyl (C=O) groups is 2. The number of hydrogen-bond donors (Lipinski definition) is 2. The van der Waals surface area contributed by atoms with Gasteiger partial charge >= 0.3 is 0 Å². The SMILES string of the molecule is O=C(NNC(=O)C(c1ccccc1)c1ccccc1)c1ccc2c(c1)OCO2. The molecule has 3 aromatic rings. The molecule has 0 saturated carbocycles. The number of carbonyl (C=O) groups excluding carboxylic acids is 2. The van der Waals surface area contributed by atoms with Gasteiger partial charge in [-0.1, -0.05) is 60.7 Å². The van der Waals surface area contributed by atoms with Crippen molar-refractivity contribution in [1.82, 2.24) is 10.9 Å². The summed E-state index contributed by atoms with van der Waals surface area (Å²) < 4.78 is 10.5. The molecule has 0 spiro atoms. The third-order valence-corrected chi connectivity index (χ3v) is 4.46. The minimum atomic E-state index is -0.542. The van der Waals surface area contributed by atoms with Crippen LogP contribution in [0.5, 0.6) is 11.5 Å². The molecular formula is C22H18N2O4. The first-order chi connectivity index (χ1) is 13.7. The summed E-state index contributed by atoms with van der Waals surface area (Å²) in [5.41, 5.74) is 7.05. The molecule has 2 amide bonds. The molecule has 0 unspecified atom stereocenters. The summed E-state index contributed by atoms with van der Waals surface area (Å²) in [6.07, 6.45) is 0. The van der Waals surface area contributed by atoms with Crippen molar-refractivity contribution >= 4 is 11.8 Å². The number of fused-ring (bicyclic) bond motifs is 1. The van der Waals surface area contributed by atoms with Crippen LogP contribution in [0.4, 0.5) is 0 Å². The molecule has 0 aromatic heterocycles. The van der Waals surface area contributed by atoms with Gasteiger partial charge in [0.15, 0.2) is 11.5 Å². The molecule has 0 fully saturated rings. The van der Waals surface area contributed by atoms with E-state index in [0.29, 0.717) is 17.1 Å². The van der Waals surface area contributed by atoms with Crippen LogP contribution >= 0.6 is 0 Å². The van der Waals surface area contributed by atoms with E-state index in [9.17, 15) is 9.59 Å². The third-order valence-electron chi connectivity index (χ3n) is 4.46. The predicted molar refractivity (Wildman–Crippen MR) is 103 cm³/mol. The van der Waals surface area contributed by atoms with Crippen molar-refractivity contribution in [2.75, 3.05) is 6.79 Å². The van der Waals surface area contributed by atoms with E-state index < -0.39 is 11.8 Å². The number of nitrogens with one attached hydrogen (secondary N) is 2. The van der Waals surface area contributed by atoms with E-state index in [2.05, 4.69) is 10.9 Å². The Morgan fingerprint density at radius 2 is 1.36 bits per heavy atom. The number of hydrogen-bond acceptors (Lipinski definition) is 4. The Morgan fingerprint density at radius 3 is 2.00 bits per heavy atom. The Morgan fingerprint density at radius 1 is 0.750 bits per heavy atom. The number of rotatable bonds is 4. The van der Waals surface area contributed by atoms with Gasteiger partial charge in [0.1, 0.15) is 0 Å². The molecule has 0 radical (unpaired) electrons. The van der Waals surface area contributed by atoms with Crippen LogP contribution in [0, 0.1) is 0 Å². The Bertz CT molecular complexity index is 950. The average molecular weight is 374 g/mol. The van der Waals surface area contributed by atoms with Crippen LogP contribution in [-0.2, 0) is 4.79 Å². The summed E-state index contributed by atoms with van der Waals surface area (Å²) in [7, 11) is 0. The minimum absolute atomic E-state index is 0.132. The summed E-state index contributed by atoms with van der Waals surface area (Å²) in [5.74, 6) is -0.211. The van der Waals surface area contributed by atoms with Gasteiger partial charge in [0, 0.05) is 5.56 Å². The predicted octanol–water partition coefficient (Wildman–Crippen LogP) is 3.01. The van der Waals surface area contributed by atoms with E-state index in [-0.39, 0.29) is 12.7 Å². The molecule has 28 heavy (non-hydrogen) atoms. The van der Waals surface area contributed by atoms with Gasteiger partial charge in [-0.3, -0.25) is 20.4 Å². The monoisotopic (exact) mass is 374 g/mol. The zero-order valence-electron chi connectivity index (χ0n) is 14.9. The topological polar surface area (TPSA) is 76.7 Å². The van der Waals surface area contributed by atoms with Crippen molar-refractivity contribution in [3.63, 3.8) is 0 Å². The fourth-order valence-electron chi connectivity index (χ4n) is 3.09. The quantitative estimate of drug-likeness (QED) is 0.689. The molecule has 4 rings (SSSR count). The molecule has 140 valence electrons. The molecule has 0 bridgehead atoms. The molecule has 2 N–H and O–H groups in total. The van der Waals surface area contributed by atoms with Crippen LogP contribution in [0.3, 0.4) is 0 Å². The lowest BCUT2D eigenvalue weighted by molar-refractivity contribution is -0.122. The first-order valence-corrected chi connectivity index (χ1v) is 8.82. The highest BCUT2D eigenvalue weighted by Gasteiger charge is 2.23. The van der Waals surface area contributed by atoms with E-state index in [0.717, 1.165) is 11.1 Å². The second kappa shape index (κ2) is 7.84. The van der Waals surface area contributed by atoms with Gasteiger partial charge in [0.2, 0.25) is 12.7 Å². The normalized spacial score (nSPS) is 11.9. The van der Waals surface area contributed by atoms with Gasteiger partial charge in [-0.15, -0.1) is 0 Å². The summed E-state index contributed by atoms with van der Waals surface area (Å²) in [6, 6.07) is 23.7. The van der Waals surface area contributed by atoms with E-state index in [1.807, 2.05) is 60.7 Å².